The average molecular weight is 433 g/mol. The van der Waals surface area contributed by atoms with Gasteiger partial charge in [0.1, 0.15) is 16.0 Å². The summed E-state index contributed by atoms with van der Waals surface area (Å²) in [5, 5.41) is 0.247. The fourth-order valence-electron chi connectivity index (χ4n) is 3.33. The number of aromatic nitrogens is 4. The molecule has 4 aromatic rings. The minimum atomic E-state index is -4.56. The summed E-state index contributed by atoms with van der Waals surface area (Å²) < 4.78 is 52.5. The van der Waals surface area contributed by atoms with Gasteiger partial charge in [-0.3, -0.25) is 4.57 Å². The van der Waals surface area contributed by atoms with Gasteiger partial charge in [0.2, 0.25) is 12.7 Å². The number of ether oxygens (including phenoxy) is 2. The molecular weight excluding hydrogens is 419 g/mol. The lowest BCUT2D eigenvalue weighted by Crippen LogP contribution is -2.07. The van der Waals surface area contributed by atoms with E-state index in [2.05, 4.69) is 15.0 Å². The lowest BCUT2D eigenvalue weighted by molar-refractivity contribution is -0.133. The smallest absolute Gasteiger partial charge is 0.427 e. The Morgan fingerprint density at radius 2 is 1.97 bits per heavy atom. The van der Waals surface area contributed by atoms with Crippen molar-refractivity contribution >= 4 is 27.2 Å². The Bertz CT molecular complexity index is 1240. The maximum Gasteiger partial charge on any atom is 0.427 e. The van der Waals surface area contributed by atoms with Crippen LogP contribution in [0.5, 0.6) is 11.5 Å². The minimum absolute atomic E-state index is 0.172. The van der Waals surface area contributed by atoms with E-state index in [9.17, 15) is 13.2 Å². The topological polar surface area (TPSA) is 88.1 Å². The summed E-state index contributed by atoms with van der Waals surface area (Å²) in [6.07, 6.45) is 1.01. The van der Waals surface area contributed by atoms with Crippen LogP contribution in [-0.4, -0.2) is 26.3 Å². The van der Waals surface area contributed by atoms with Crippen LogP contribution in [0.4, 0.5) is 18.9 Å². The molecule has 0 atom stereocenters. The Kier molecular flexibility index (Phi) is 4.28. The van der Waals surface area contributed by atoms with Gasteiger partial charge >= 0.3 is 6.18 Å². The van der Waals surface area contributed by atoms with Crippen molar-refractivity contribution in [2.45, 2.75) is 19.0 Å². The number of hydrogen-bond acceptors (Lipinski definition) is 7. The van der Waals surface area contributed by atoms with Crippen LogP contribution in [0.2, 0.25) is 0 Å². The lowest BCUT2D eigenvalue weighted by Gasteiger charge is -2.08. The highest BCUT2D eigenvalue weighted by atomic mass is 32.1. The summed E-state index contributed by atoms with van der Waals surface area (Å²) in [6, 6.07) is 5.56. The maximum absolute atomic E-state index is 13.4. The molecule has 7 nitrogen and oxygen atoms in total. The van der Waals surface area contributed by atoms with Crippen LogP contribution in [0.15, 0.2) is 36.9 Å². The molecule has 0 saturated carbocycles. The first-order valence-electron chi connectivity index (χ1n) is 8.93. The molecule has 4 heterocycles. The van der Waals surface area contributed by atoms with Crippen LogP contribution in [0.1, 0.15) is 16.1 Å². The summed E-state index contributed by atoms with van der Waals surface area (Å²) in [5.74, 6) is 1.56. The third kappa shape index (κ3) is 3.20. The number of nitrogens with two attached hydrogens (primary N) is 1. The maximum atomic E-state index is 13.4. The molecule has 5 rings (SSSR count). The zero-order valence-corrected chi connectivity index (χ0v) is 16.1. The van der Waals surface area contributed by atoms with Gasteiger partial charge in [0.25, 0.3) is 0 Å². The van der Waals surface area contributed by atoms with Crippen molar-refractivity contribution in [1.82, 2.24) is 19.5 Å². The number of anilines is 1. The molecule has 0 bridgehead atoms. The fraction of sp³-hybridized carbons (Fsp3) is 0.211. The Morgan fingerprint density at radius 1 is 1.13 bits per heavy atom. The molecule has 1 aromatic carbocycles. The van der Waals surface area contributed by atoms with Crippen LogP contribution in [-0.2, 0) is 19.0 Å². The first kappa shape index (κ1) is 18.7. The Labute approximate surface area is 171 Å². The number of nitrogen functional groups attached to an aromatic ring is 1. The number of fused-ring (bicyclic) bond motifs is 2. The molecule has 0 amide bonds. The molecule has 1 aliphatic heterocycles. The molecule has 1 aliphatic rings. The zero-order chi connectivity index (χ0) is 20.9. The molecule has 0 spiro atoms. The second-order valence-electron chi connectivity index (χ2n) is 6.65. The van der Waals surface area contributed by atoms with E-state index in [1.54, 1.807) is 17.0 Å². The van der Waals surface area contributed by atoms with E-state index in [4.69, 9.17) is 15.2 Å². The number of thiophene rings is 1. The molecule has 0 radical (unpaired) electrons. The van der Waals surface area contributed by atoms with Gasteiger partial charge in [-0.25, -0.2) is 15.0 Å². The number of halogens is 3. The number of imidazole rings is 1. The number of hydrogen-bond donors (Lipinski definition) is 1. The molecule has 30 heavy (non-hydrogen) atoms. The first-order valence-corrected chi connectivity index (χ1v) is 9.75. The normalized spacial score (nSPS) is 13.3. The minimum Gasteiger partial charge on any atom is -0.454 e. The summed E-state index contributed by atoms with van der Waals surface area (Å²) in [7, 11) is 0. The highest BCUT2D eigenvalue weighted by Gasteiger charge is 2.37. The molecule has 2 N–H and O–H groups in total. The van der Waals surface area contributed by atoms with Crippen LogP contribution >= 0.6 is 11.3 Å². The van der Waals surface area contributed by atoms with E-state index in [1.807, 2.05) is 18.2 Å². The van der Waals surface area contributed by atoms with Crippen molar-refractivity contribution in [2.24, 2.45) is 0 Å². The van der Waals surface area contributed by atoms with Gasteiger partial charge in [-0.05, 0) is 30.5 Å². The van der Waals surface area contributed by atoms with Crippen molar-refractivity contribution in [3.63, 3.8) is 0 Å². The summed E-state index contributed by atoms with van der Waals surface area (Å²) >= 11 is 0.523. The van der Waals surface area contributed by atoms with Gasteiger partial charge in [-0.15, -0.1) is 11.3 Å². The monoisotopic (exact) mass is 433 g/mol. The van der Waals surface area contributed by atoms with Gasteiger partial charge < -0.3 is 15.2 Å². The second kappa shape index (κ2) is 6.87. The highest BCUT2D eigenvalue weighted by molar-refractivity contribution is 7.19. The van der Waals surface area contributed by atoms with Gasteiger partial charge in [0, 0.05) is 12.4 Å². The van der Waals surface area contributed by atoms with Gasteiger partial charge in [-0.2, -0.15) is 13.2 Å². The van der Waals surface area contributed by atoms with Crippen LogP contribution < -0.4 is 15.2 Å². The van der Waals surface area contributed by atoms with E-state index < -0.39 is 11.1 Å². The Balaban J connectivity index is 1.57. The molecule has 154 valence electrons. The highest BCUT2D eigenvalue weighted by Crippen LogP contribution is 2.44. The average Bonchev–Trinajstić information content (AvgIpc) is 3.45. The summed E-state index contributed by atoms with van der Waals surface area (Å²) in [5.41, 5.74) is 6.95. The second-order valence-corrected chi connectivity index (χ2v) is 7.65. The van der Waals surface area contributed by atoms with Crippen molar-refractivity contribution in [3.05, 3.63) is 53.1 Å². The van der Waals surface area contributed by atoms with Gasteiger partial charge in [-0.1, -0.05) is 6.07 Å². The summed E-state index contributed by atoms with van der Waals surface area (Å²) in [4.78, 5) is 12.1. The number of aryl methyl sites for hydroxylation is 2. The predicted molar refractivity (Wildman–Crippen MR) is 104 cm³/mol. The first-order chi connectivity index (χ1) is 14.4. The number of nitrogens with zero attached hydrogens (tertiary/aromatic N) is 4. The standard InChI is InChI=1S/C19H14F3N5O2S/c20-19(21,22)16-15(23)14-11(3-1-10-2-4-12-13(7-10)29-9-28-12)25-18(26-17(14)30-16)27-6-5-24-8-27/h2,4-8H,1,3,9,23H2. The zero-order valence-electron chi connectivity index (χ0n) is 15.3. The van der Waals surface area contributed by atoms with E-state index in [-0.39, 0.29) is 28.6 Å². The van der Waals surface area contributed by atoms with Gasteiger partial charge in [0.05, 0.1) is 16.8 Å². The van der Waals surface area contributed by atoms with Crippen molar-refractivity contribution in [1.29, 1.82) is 0 Å². The molecular formula is C19H14F3N5O2S. The Morgan fingerprint density at radius 3 is 2.73 bits per heavy atom. The summed E-state index contributed by atoms with van der Waals surface area (Å²) in [6.45, 7) is 0.172. The van der Waals surface area contributed by atoms with E-state index in [0.29, 0.717) is 41.4 Å². The molecule has 0 saturated heterocycles. The molecule has 0 fully saturated rings. The van der Waals surface area contributed by atoms with E-state index >= 15 is 0 Å². The van der Waals surface area contributed by atoms with Crippen LogP contribution in [0.25, 0.3) is 16.2 Å². The van der Waals surface area contributed by atoms with Gasteiger partial charge in [0.15, 0.2) is 11.5 Å². The quantitative estimate of drug-likeness (QED) is 0.524. The number of benzene rings is 1. The van der Waals surface area contributed by atoms with Crippen molar-refractivity contribution in [2.75, 3.05) is 12.5 Å². The number of rotatable bonds is 4. The van der Waals surface area contributed by atoms with Crippen molar-refractivity contribution in [3.8, 4) is 17.4 Å². The van der Waals surface area contributed by atoms with Crippen LogP contribution in [0.3, 0.4) is 0 Å². The van der Waals surface area contributed by atoms with Crippen molar-refractivity contribution < 1.29 is 22.6 Å². The third-order valence-electron chi connectivity index (χ3n) is 4.73. The van der Waals surface area contributed by atoms with Crippen LogP contribution in [0, 0.1) is 0 Å². The fourth-order valence-corrected chi connectivity index (χ4v) is 4.30. The molecule has 3 aromatic heterocycles. The third-order valence-corrected chi connectivity index (χ3v) is 5.88. The Hall–Kier alpha value is -3.34. The number of alkyl halides is 3. The lowest BCUT2D eigenvalue weighted by atomic mass is 10.1. The largest absolute Gasteiger partial charge is 0.454 e. The SMILES string of the molecule is Nc1c(C(F)(F)F)sc2nc(-n3ccnc3)nc(CCc3ccc4c(c3)OCO4)c12. The predicted octanol–water partition coefficient (Wildman–Crippen LogP) is 3.99. The van der Waals surface area contributed by atoms with E-state index in [0.717, 1.165) is 5.56 Å². The molecule has 11 heteroatoms. The molecule has 0 aliphatic carbocycles. The molecule has 0 unspecified atom stereocenters. The van der Waals surface area contributed by atoms with E-state index in [1.165, 1.54) is 6.33 Å².